The lowest BCUT2D eigenvalue weighted by atomic mass is 10.3. The van der Waals surface area contributed by atoms with Crippen LogP contribution in [-0.2, 0) is 19.7 Å². The van der Waals surface area contributed by atoms with Crippen LogP contribution in [-0.4, -0.2) is 30.4 Å². The zero-order chi connectivity index (χ0) is 23.4. The number of rotatable bonds is 9. The molecular weight excluding hydrogens is 452 g/mol. The van der Waals surface area contributed by atoms with Crippen molar-refractivity contribution >= 4 is 28.9 Å². The van der Waals surface area contributed by atoms with Gasteiger partial charge in [0.2, 0.25) is 0 Å². The molecule has 4 rings (SSSR count). The average Bonchev–Trinajstić information content (AvgIpc) is 3.54. The van der Waals surface area contributed by atoms with Crippen molar-refractivity contribution in [1.29, 1.82) is 0 Å². The molecule has 12 heteroatoms. The fourth-order valence-electron chi connectivity index (χ4n) is 3.00. The number of aryl methyl sites for hydroxylation is 1. The SMILES string of the molecule is CCn1cc(Cn2cc(NC(=O)c3ccc(COc4cc([N+](=O)[O-])ccc4Cl)o3)cn2)cn1. The fraction of sp³-hybridized carbons (Fsp3) is 0.190. The second-order valence-electron chi connectivity index (χ2n) is 7.01. The standard InChI is InChI=1S/C21H19ClN6O5/c1-2-26-10-14(8-23-26)11-27-12-15(9-24-27)25-21(29)19-6-4-17(33-19)13-32-20-7-16(28(30)31)3-5-18(20)22/h3-10,12H,2,11,13H2,1H3,(H,25,29). The fourth-order valence-corrected chi connectivity index (χ4v) is 3.17. The van der Waals surface area contributed by atoms with Crippen molar-refractivity contribution in [2.24, 2.45) is 0 Å². The third-order valence-corrected chi connectivity index (χ3v) is 4.94. The number of carbonyl (C=O) groups excluding carboxylic acids is 1. The molecule has 3 aromatic heterocycles. The zero-order valence-electron chi connectivity index (χ0n) is 17.5. The highest BCUT2D eigenvalue weighted by Gasteiger charge is 2.15. The molecule has 11 nitrogen and oxygen atoms in total. The predicted octanol–water partition coefficient (Wildman–Crippen LogP) is 4.13. The first-order valence-electron chi connectivity index (χ1n) is 9.92. The molecule has 0 fully saturated rings. The van der Waals surface area contributed by atoms with Crippen molar-refractivity contribution in [2.75, 3.05) is 5.32 Å². The number of nitro benzene ring substituents is 1. The number of non-ortho nitro benzene ring substituents is 1. The van der Waals surface area contributed by atoms with E-state index in [0.29, 0.717) is 18.0 Å². The van der Waals surface area contributed by atoms with Gasteiger partial charge in [-0.25, -0.2) is 0 Å². The number of furan rings is 1. The summed E-state index contributed by atoms with van der Waals surface area (Å²) in [6, 6.07) is 6.97. The van der Waals surface area contributed by atoms with Gasteiger partial charge >= 0.3 is 0 Å². The number of amides is 1. The van der Waals surface area contributed by atoms with Crippen molar-refractivity contribution in [3.63, 3.8) is 0 Å². The first-order valence-corrected chi connectivity index (χ1v) is 10.3. The van der Waals surface area contributed by atoms with Crippen LogP contribution in [0.25, 0.3) is 0 Å². The minimum absolute atomic E-state index is 0.0580. The van der Waals surface area contributed by atoms with Crippen molar-refractivity contribution in [3.05, 3.63) is 87.3 Å². The van der Waals surface area contributed by atoms with Crippen LogP contribution in [0.1, 0.15) is 28.8 Å². The second kappa shape index (κ2) is 9.57. The van der Waals surface area contributed by atoms with E-state index < -0.39 is 10.8 Å². The van der Waals surface area contributed by atoms with Crippen molar-refractivity contribution in [1.82, 2.24) is 19.6 Å². The smallest absolute Gasteiger partial charge is 0.291 e. The largest absolute Gasteiger partial charge is 0.484 e. The number of benzene rings is 1. The summed E-state index contributed by atoms with van der Waals surface area (Å²) in [5.74, 6) is 0.125. The lowest BCUT2D eigenvalue weighted by Gasteiger charge is -2.06. The Morgan fingerprint density at radius 1 is 1.21 bits per heavy atom. The van der Waals surface area contributed by atoms with Gasteiger partial charge in [-0.15, -0.1) is 0 Å². The van der Waals surface area contributed by atoms with Gasteiger partial charge in [0.15, 0.2) is 5.76 Å². The highest BCUT2D eigenvalue weighted by atomic mass is 35.5. The Morgan fingerprint density at radius 2 is 2.03 bits per heavy atom. The molecule has 0 aliphatic heterocycles. The predicted molar refractivity (Wildman–Crippen MR) is 118 cm³/mol. The van der Waals surface area contributed by atoms with Crippen LogP contribution in [0.5, 0.6) is 5.75 Å². The van der Waals surface area contributed by atoms with E-state index >= 15 is 0 Å². The van der Waals surface area contributed by atoms with Crippen LogP contribution < -0.4 is 10.1 Å². The van der Waals surface area contributed by atoms with Crippen LogP contribution >= 0.6 is 11.6 Å². The zero-order valence-corrected chi connectivity index (χ0v) is 18.2. The summed E-state index contributed by atoms with van der Waals surface area (Å²) in [5.41, 5.74) is 1.37. The van der Waals surface area contributed by atoms with Crippen LogP contribution in [0.15, 0.2) is 59.5 Å². The minimum atomic E-state index is -0.543. The van der Waals surface area contributed by atoms with Gasteiger partial charge < -0.3 is 14.5 Å². The van der Waals surface area contributed by atoms with Gasteiger partial charge in [0.25, 0.3) is 11.6 Å². The Hall–Kier alpha value is -4.12. The molecule has 1 amide bonds. The maximum Gasteiger partial charge on any atom is 0.291 e. The molecule has 0 bridgehead atoms. The third-order valence-electron chi connectivity index (χ3n) is 4.63. The van der Waals surface area contributed by atoms with Gasteiger partial charge in [-0.2, -0.15) is 10.2 Å². The summed E-state index contributed by atoms with van der Waals surface area (Å²) < 4.78 is 14.6. The molecule has 1 aromatic carbocycles. The quantitative estimate of drug-likeness (QED) is 0.287. The Balaban J connectivity index is 1.34. The number of aromatic nitrogens is 4. The number of nitro groups is 1. The highest BCUT2D eigenvalue weighted by Crippen LogP contribution is 2.29. The number of ether oxygens (including phenoxy) is 1. The average molecular weight is 471 g/mol. The van der Waals surface area contributed by atoms with E-state index in [0.717, 1.165) is 12.1 Å². The molecular formula is C21H19ClN6O5. The van der Waals surface area contributed by atoms with E-state index in [9.17, 15) is 14.9 Å². The molecule has 0 aliphatic carbocycles. The summed E-state index contributed by atoms with van der Waals surface area (Å²) >= 11 is 6.02. The van der Waals surface area contributed by atoms with Gasteiger partial charge in [-0.1, -0.05) is 11.6 Å². The number of nitrogens with zero attached hydrogens (tertiary/aromatic N) is 5. The molecule has 0 atom stereocenters. The number of nitrogens with one attached hydrogen (secondary N) is 1. The van der Waals surface area contributed by atoms with Crippen LogP contribution in [0, 0.1) is 10.1 Å². The maximum absolute atomic E-state index is 12.5. The lowest BCUT2D eigenvalue weighted by molar-refractivity contribution is -0.384. The number of hydrogen-bond acceptors (Lipinski definition) is 7. The Labute approximate surface area is 192 Å². The Morgan fingerprint density at radius 3 is 2.79 bits per heavy atom. The first-order chi connectivity index (χ1) is 15.9. The number of carbonyl (C=O) groups is 1. The number of anilines is 1. The summed E-state index contributed by atoms with van der Waals surface area (Å²) in [6.07, 6.45) is 6.96. The molecule has 170 valence electrons. The molecule has 0 saturated carbocycles. The molecule has 3 heterocycles. The van der Waals surface area contributed by atoms with E-state index in [-0.39, 0.29) is 28.8 Å². The molecule has 0 spiro atoms. The molecule has 4 aromatic rings. The van der Waals surface area contributed by atoms with Crippen LogP contribution in [0.3, 0.4) is 0 Å². The van der Waals surface area contributed by atoms with Crippen molar-refractivity contribution < 1.29 is 18.9 Å². The summed E-state index contributed by atoms with van der Waals surface area (Å²) in [5, 5.41) is 22.3. The maximum atomic E-state index is 12.5. The molecule has 0 radical (unpaired) electrons. The van der Waals surface area contributed by atoms with Crippen LogP contribution in [0.2, 0.25) is 5.02 Å². The molecule has 33 heavy (non-hydrogen) atoms. The van der Waals surface area contributed by atoms with E-state index in [4.69, 9.17) is 20.8 Å². The normalized spacial score (nSPS) is 10.8. The van der Waals surface area contributed by atoms with Gasteiger partial charge in [-0.3, -0.25) is 24.3 Å². The first kappa shape index (κ1) is 22.1. The Bertz CT molecular complexity index is 1290. The van der Waals surface area contributed by atoms with E-state index in [1.54, 1.807) is 29.3 Å². The molecule has 0 unspecified atom stereocenters. The third kappa shape index (κ3) is 5.39. The lowest BCUT2D eigenvalue weighted by Crippen LogP contribution is -2.10. The topological polar surface area (TPSA) is 130 Å². The van der Waals surface area contributed by atoms with Gasteiger partial charge in [0.05, 0.1) is 40.6 Å². The summed E-state index contributed by atoms with van der Waals surface area (Å²) in [7, 11) is 0. The number of hydrogen-bond donors (Lipinski definition) is 1. The number of halogens is 1. The highest BCUT2D eigenvalue weighted by molar-refractivity contribution is 6.32. The van der Waals surface area contributed by atoms with Crippen molar-refractivity contribution in [2.45, 2.75) is 26.6 Å². The second-order valence-corrected chi connectivity index (χ2v) is 7.42. The molecule has 1 N–H and O–H groups in total. The minimum Gasteiger partial charge on any atom is -0.484 e. The molecule has 0 aliphatic rings. The van der Waals surface area contributed by atoms with E-state index in [2.05, 4.69) is 15.5 Å². The van der Waals surface area contributed by atoms with Crippen LogP contribution in [0.4, 0.5) is 11.4 Å². The van der Waals surface area contributed by atoms with Crippen molar-refractivity contribution in [3.8, 4) is 5.75 Å². The van der Waals surface area contributed by atoms with E-state index in [1.165, 1.54) is 24.3 Å². The molecule has 0 saturated heterocycles. The summed E-state index contributed by atoms with van der Waals surface area (Å²) in [6.45, 7) is 3.26. The van der Waals surface area contributed by atoms with Gasteiger partial charge in [0, 0.05) is 30.6 Å². The Kier molecular flexibility index (Phi) is 6.41. The van der Waals surface area contributed by atoms with E-state index in [1.807, 2.05) is 17.8 Å². The van der Waals surface area contributed by atoms with Gasteiger partial charge in [-0.05, 0) is 25.1 Å². The monoisotopic (exact) mass is 470 g/mol. The van der Waals surface area contributed by atoms with Gasteiger partial charge in [0.1, 0.15) is 18.1 Å². The summed E-state index contributed by atoms with van der Waals surface area (Å²) in [4.78, 5) is 22.9.